The molecule has 1 N–H and O–H groups in total. The fraction of sp³-hybridized carbons (Fsp3) is 0.688. The Morgan fingerprint density at radius 1 is 1.38 bits per heavy atom. The highest BCUT2D eigenvalue weighted by atomic mass is 35.5. The molecule has 1 saturated heterocycles. The van der Waals surface area contributed by atoms with Gasteiger partial charge in [0, 0.05) is 24.4 Å². The van der Waals surface area contributed by atoms with Gasteiger partial charge in [-0.2, -0.15) is 0 Å². The van der Waals surface area contributed by atoms with Crippen molar-refractivity contribution < 1.29 is 4.79 Å². The molecule has 2 rings (SSSR count). The molecular formula is C16H25ClN2OS. The van der Waals surface area contributed by atoms with Gasteiger partial charge >= 0.3 is 0 Å². The fourth-order valence-corrected chi connectivity index (χ4v) is 3.83. The highest BCUT2D eigenvalue weighted by molar-refractivity contribution is 7.16. The van der Waals surface area contributed by atoms with Crippen LogP contribution in [0.15, 0.2) is 12.1 Å². The number of amides is 1. The minimum absolute atomic E-state index is 0.144. The third kappa shape index (κ3) is 6.37. The number of hydrogen-bond acceptors (Lipinski definition) is 3. The van der Waals surface area contributed by atoms with Crippen molar-refractivity contribution in [3.8, 4) is 0 Å². The molecule has 0 bridgehead atoms. The number of hydrogen-bond donors (Lipinski definition) is 1. The van der Waals surface area contributed by atoms with E-state index in [9.17, 15) is 4.79 Å². The van der Waals surface area contributed by atoms with Crippen LogP contribution in [0.3, 0.4) is 0 Å². The summed E-state index contributed by atoms with van der Waals surface area (Å²) in [7, 11) is 0. The minimum Gasteiger partial charge on any atom is -0.356 e. The van der Waals surface area contributed by atoms with Crippen molar-refractivity contribution in [1.29, 1.82) is 0 Å². The molecule has 1 aromatic rings. The van der Waals surface area contributed by atoms with E-state index in [0.29, 0.717) is 12.3 Å². The second-order valence-electron chi connectivity index (χ2n) is 5.98. The second kappa shape index (κ2) is 8.76. The number of rotatable bonds is 7. The number of nitrogens with one attached hydrogen (secondary N) is 1. The highest BCUT2D eigenvalue weighted by Gasteiger charge is 2.14. The number of carbonyl (C=O) groups excluding carboxylic acids is 1. The molecule has 0 aliphatic carbocycles. The van der Waals surface area contributed by atoms with Crippen molar-refractivity contribution in [2.24, 2.45) is 5.92 Å². The number of carbonyl (C=O) groups is 1. The number of likely N-dealkylation sites (tertiary alicyclic amines) is 1. The van der Waals surface area contributed by atoms with E-state index < -0.39 is 0 Å². The summed E-state index contributed by atoms with van der Waals surface area (Å²) >= 11 is 7.44. The van der Waals surface area contributed by atoms with Gasteiger partial charge in [-0.05, 0) is 50.4 Å². The summed E-state index contributed by atoms with van der Waals surface area (Å²) in [5.41, 5.74) is 0. The first kappa shape index (κ1) is 16.8. The Bertz CT molecular complexity index is 443. The quantitative estimate of drug-likeness (QED) is 0.829. The largest absolute Gasteiger partial charge is 0.356 e. The smallest absolute Gasteiger partial charge is 0.220 e. The lowest BCUT2D eigenvalue weighted by Crippen LogP contribution is -2.38. The van der Waals surface area contributed by atoms with Crippen LogP contribution in [0.4, 0.5) is 0 Å². The van der Waals surface area contributed by atoms with E-state index in [0.717, 1.165) is 23.8 Å². The van der Waals surface area contributed by atoms with Crippen LogP contribution in [0.1, 0.15) is 37.5 Å². The van der Waals surface area contributed by atoms with E-state index in [1.807, 2.05) is 12.1 Å². The zero-order chi connectivity index (χ0) is 15.1. The number of aryl methyl sites for hydroxylation is 1. The fourth-order valence-electron chi connectivity index (χ4n) is 2.75. The van der Waals surface area contributed by atoms with Crippen LogP contribution in [-0.2, 0) is 11.2 Å². The molecule has 1 unspecified atom stereocenters. The molecule has 1 atom stereocenters. The first-order chi connectivity index (χ1) is 10.1. The topological polar surface area (TPSA) is 32.3 Å². The van der Waals surface area contributed by atoms with E-state index in [-0.39, 0.29) is 5.91 Å². The Kier molecular flexibility index (Phi) is 7.00. The first-order valence-electron chi connectivity index (χ1n) is 7.87. The maximum Gasteiger partial charge on any atom is 0.220 e. The maximum atomic E-state index is 11.9. The Labute approximate surface area is 136 Å². The van der Waals surface area contributed by atoms with Gasteiger partial charge in [0.05, 0.1) is 4.34 Å². The van der Waals surface area contributed by atoms with Gasteiger partial charge < -0.3 is 10.2 Å². The molecule has 1 aliphatic heterocycles. The monoisotopic (exact) mass is 328 g/mol. The Hall–Kier alpha value is -0.580. The van der Waals surface area contributed by atoms with Gasteiger partial charge in [0.15, 0.2) is 0 Å². The molecule has 1 aliphatic rings. The molecule has 0 spiro atoms. The predicted octanol–water partition coefficient (Wildman–Crippen LogP) is 3.57. The van der Waals surface area contributed by atoms with Crippen LogP contribution in [0, 0.1) is 5.92 Å². The van der Waals surface area contributed by atoms with Crippen LogP contribution < -0.4 is 5.32 Å². The number of nitrogens with zero attached hydrogens (tertiary/aromatic N) is 1. The average Bonchev–Trinajstić information content (AvgIpc) is 2.90. The Balaban J connectivity index is 1.59. The number of piperidine rings is 1. The lowest BCUT2D eigenvalue weighted by atomic mass is 10.1. The third-order valence-electron chi connectivity index (χ3n) is 3.89. The number of halogens is 1. The predicted molar refractivity (Wildman–Crippen MR) is 90.1 cm³/mol. The van der Waals surface area contributed by atoms with Crippen molar-refractivity contribution in [2.75, 3.05) is 26.2 Å². The van der Waals surface area contributed by atoms with Crippen molar-refractivity contribution in [3.05, 3.63) is 21.3 Å². The summed E-state index contributed by atoms with van der Waals surface area (Å²) in [6.45, 7) is 6.53. The van der Waals surface area contributed by atoms with E-state index in [1.165, 1.54) is 37.2 Å². The minimum atomic E-state index is 0.144. The average molecular weight is 329 g/mol. The first-order valence-corrected chi connectivity index (χ1v) is 9.06. The normalized spacial score (nSPS) is 17.6. The van der Waals surface area contributed by atoms with Crippen LogP contribution in [-0.4, -0.2) is 37.0 Å². The van der Waals surface area contributed by atoms with Crippen molar-refractivity contribution in [3.63, 3.8) is 0 Å². The highest BCUT2D eigenvalue weighted by Crippen LogP contribution is 2.22. The number of thiophene rings is 1. The lowest BCUT2D eigenvalue weighted by molar-refractivity contribution is -0.121. The molecule has 21 heavy (non-hydrogen) atoms. The van der Waals surface area contributed by atoms with E-state index in [2.05, 4.69) is 17.1 Å². The maximum absolute atomic E-state index is 11.9. The van der Waals surface area contributed by atoms with Gasteiger partial charge in [-0.25, -0.2) is 0 Å². The molecule has 1 fully saturated rings. The van der Waals surface area contributed by atoms with Crippen LogP contribution in [0.2, 0.25) is 4.34 Å². The molecule has 3 nitrogen and oxygen atoms in total. The lowest BCUT2D eigenvalue weighted by Gasteiger charge is -2.29. The SMILES string of the molecule is CC(CNC(=O)CCc1ccc(Cl)s1)CN1CCCCC1. The molecule has 0 saturated carbocycles. The van der Waals surface area contributed by atoms with E-state index in [4.69, 9.17) is 11.6 Å². The van der Waals surface area contributed by atoms with E-state index in [1.54, 1.807) is 11.3 Å². The van der Waals surface area contributed by atoms with E-state index >= 15 is 0 Å². The molecule has 5 heteroatoms. The van der Waals surface area contributed by atoms with Crippen molar-refractivity contribution >= 4 is 28.8 Å². The van der Waals surface area contributed by atoms with Crippen molar-refractivity contribution in [1.82, 2.24) is 10.2 Å². The van der Waals surface area contributed by atoms with Crippen LogP contribution in [0.25, 0.3) is 0 Å². The molecule has 1 aromatic heterocycles. The van der Waals surface area contributed by atoms with Gasteiger partial charge in [0.25, 0.3) is 0 Å². The van der Waals surface area contributed by atoms with Crippen LogP contribution in [0.5, 0.6) is 0 Å². The van der Waals surface area contributed by atoms with Gasteiger partial charge in [0.1, 0.15) is 0 Å². The van der Waals surface area contributed by atoms with Gasteiger partial charge in [-0.1, -0.05) is 24.9 Å². The summed E-state index contributed by atoms with van der Waals surface area (Å²) in [4.78, 5) is 15.6. The molecular weight excluding hydrogens is 304 g/mol. The molecule has 1 amide bonds. The molecule has 2 heterocycles. The van der Waals surface area contributed by atoms with Gasteiger partial charge in [-0.3, -0.25) is 4.79 Å². The van der Waals surface area contributed by atoms with Gasteiger partial charge in [0.2, 0.25) is 5.91 Å². The van der Waals surface area contributed by atoms with Crippen molar-refractivity contribution in [2.45, 2.75) is 39.0 Å². The van der Waals surface area contributed by atoms with Crippen LogP contribution >= 0.6 is 22.9 Å². The summed E-state index contributed by atoms with van der Waals surface area (Å²) in [6, 6.07) is 3.89. The summed E-state index contributed by atoms with van der Waals surface area (Å²) in [6.07, 6.45) is 5.34. The summed E-state index contributed by atoms with van der Waals surface area (Å²) < 4.78 is 0.792. The Morgan fingerprint density at radius 3 is 2.81 bits per heavy atom. The van der Waals surface area contributed by atoms with Gasteiger partial charge in [-0.15, -0.1) is 11.3 Å². The zero-order valence-electron chi connectivity index (χ0n) is 12.7. The summed E-state index contributed by atoms with van der Waals surface area (Å²) in [5, 5.41) is 3.06. The molecule has 0 radical (unpaired) electrons. The second-order valence-corrected chi connectivity index (χ2v) is 7.78. The standard InChI is InChI=1S/C16H25ClN2OS/c1-13(12-19-9-3-2-4-10-19)11-18-16(20)8-6-14-5-7-15(17)21-14/h5,7,13H,2-4,6,8-12H2,1H3,(H,18,20). The zero-order valence-corrected chi connectivity index (χ0v) is 14.3. The third-order valence-corrected chi connectivity index (χ3v) is 5.18. The molecule has 118 valence electrons. The summed E-state index contributed by atoms with van der Waals surface area (Å²) in [5.74, 6) is 0.660. The molecule has 0 aromatic carbocycles. The Morgan fingerprint density at radius 2 is 2.14 bits per heavy atom.